The summed E-state index contributed by atoms with van der Waals surface area (Å²) >= 11 is 0. The van der Waals surface area contributed by atoms with E-state index < -0.39 is 0 Å². The van der Waals surface area contributed by atoms with E-state index in [1.165, 1.54) is 0 Å². The van der Waals surface area contributed by atoms with Gasteiger partial charge in [-0.1, -0.05) is 0 Å². The fraction of sp³-hybridized carbons (Fsp3) is 0.429. The Morgan fingerprint density at radius 3 is 3.20 bits per heavy atom. The number of piperidine rings is 1. The van der Waals surface area contributed by atoms with Crippen molar-refractivity contribution in [1.82, 2.24) is 20.4 Å². The van der Waals surface area contributed by atoms with Crippen LogP contribution < -0.4 is 11.1 Å². The molecule has 1 aromatic carbocycles. The molecule has 1 aliphatic heterocycles. The van der Waals surface area contributed by atoms with Gasteiger partial charge >= 0.3 is 0 Å². The highest BCUT2D eigenvalue weighted by molar-refractivity contribution is 6.05. The molecule has 3 rings (SSSR count). The second-order valence-electron chi connectivity index (χ2n) is 5.45. The van der Waals surface area contributed by atoms with Gasteiger partial charge < -0.3 is 16.0 Å². The van der Waals surface area contributed by atoms with E-state index in [2.05, 4.69) is 27.5 Å². The molecule has 1 aliphatic rings. The van der Waals surface area contributed by atoms with E-state index in [4.69, 9.17) is 5.73 Å². The summed E-state index contributed by atoms with van der Waals surface area (Å²) in [7, 11) is 2.07. The summed E-state index contributed by atoms with van der Waals surface area (Å²) in [5, 5.41) is 10.8. The first-order valence-electron chi connectivity index (χ1n) is 6.86. The smallest absolute Gasteiger partial charge is 0.272 e. The molecule has 4 N–H and O–H groups in total. The van der Waals surface area contributed by atoms with Crippen molar-refractivity contribution in [3.8, 4) is 0 Å². The van der Waals surface area contributed by atoms with Crippen LogP contribution in [-0.4, -0.2) is 47.2 Å². The highest BCUT2D eigenvalue weighted by Crippen LogP contribution is 2.19. The van der Waals surface area contributed by atoms with Crippen LogP contribution in [0.5, 0.6) is 0 Å². The minimum Gasteiger partial charge on any atom is -0.399 e. The molecule has 1 aromatic heterocycles. The Bertz CT molecular complexity index is 636. The zero-order valence-electron chi connectivity index (χ0n) is 11.5. The number of aromatic nitrogens is 2. The van der Waals surface area contributed by atoms with E-state index in [0.717, 1.165) is 36.8 Å². The number of fused-ring (bicyclic) bond motifs is 1. The second-order valence-corrected chi connectivity index (χ2v) is 5.45. The first-order chi connectivity index (χ1) is 9.63. The number of benzene rings is 1. The molecule has 2 heterocycles. The molecular formula is C14H19N5O. The van der Waals surface area contributed by atoms with Crippen molar-refractivity contribution in [2.24, 2.45) is 0 Å². The number of aromatic amines is 1. The lowest BCUT2D eigenvalue weighted by Crippen LogP contribution is -2.46. The van der Waals surface area contributed by atoms with Crippen LogP contribution in [0.1, 0.15) is 23.3 Å². The van der Waals surface area contributed by atoms with Gasteiger partial charge in [-0.2, -0.15) is 5.10 Å². The number of amides is 1. The summed E-state index contributed by atoms with van der Waals surface area (Å²) in [6.45, 7) is 1.98. The first kappa shape index (κ1) is 12.9. The number of nitrogens with zero attached hydrogens (tertiary/aromatic N) is 2. The highest BCUT2D eigenvalue weighted by atomic mass is 16.2. The van der Waals surface area contributed by atoms with Gasteiger partial charge in [0, 0.05) is 23.7 Å². The molecule has 6 heteroatoms. The molecule has 20 heavy (non-hydrogen) atoms. The number of hydrogen-bond donors (Lipinski definition) is 3. The van der Waals surface area contributed by atoms with Crippen LogP contribution in [-0.2, 0) is 0 Å². The van der Waals surface area contributed by atoms with Crippen molar-refractivity contribution in [2.75, 3.05) is 25.9 Å². The lowest BCUT2D eigenvalue weighted by atomic mass is 10.1. The molecular weight excluding hydrogens is 254 g/mol. The summed E-state index contributed by atoms with van der Waals surface area (Å²) in [4.78, 5) is 14.6. The molecule has 1 unspecified atom stereocenters. The van der Waals surface area contributed by atoms with Crippen molar-refractivity contribution in [1.29, 1.82) is 0 Å². The zero-order valence-corrected chi connectivity index (χ0v) is 11.5. The van der Waals surface area contributed by atoms with Crippen LogP contribution in [0, 0.1) is 0 Å². The molecule has 6 nitrogen and oxygen atoms in total. The summed E-state index contributed by atoms with van der Waals surface area (Å²) in [5.74, 6) is -0.137. The molecule has 1 fully saturated rings. The number of carbonyl (C=O) groups is 1. The van der Waals surface area contributed by atoms with Crippen LogP contribution in [0.4, 0.5) is 5.69 Å². The Kier molecular flexibility index (Phi) is 3.31. The number of nitrogens with two attached hydrogens (primary N) is 1. The van der Waals surface area contributed by atoms with Gasteiger partial charge in [0.2, 0.25) is 0 Å². The van der Waals surface area contributed by atoms with Crippen LogP contribution in [0.15, 0.2) is 18.2 Å². The van der Waals surface area contributed by atoms with Crippen molar-refractivity contribution >= 4 is 22.5 Å². The summed E-state index contributed by atoms with van der Waals surface area (Å²) < 4.78 is 0. The molecule has 0 aliphatic carbocycles. The molecule has 1 amide bonds. The minimum atomic E-state index is -0.137. The topological polar surface area (TPSA) is 87.0 Å². The van der Waals surface area contributed by atoms with Crippen LogP contribution >= 0.6 is 0 Å². The Balaban J connectivity index is 1.80. The van der Waals surface area contributed by atoms with E-state index >= 15 is 0 Å². The summed E-state index contributed by atoms with van der Waals surface area (Å²) in [6, 6.07) is 5.59. The van der Waals surface area contributed by atoms with Gasteiger partial charge in [-0.05, 0) is 44.6 Å². The first-order valence-corrected chi connectivity index (χ1v) is 6.86. The number of nitrogens with one attached hydrogen (secondary N) is 2. The van der Waals surface area contributed by atoms with E-state index in [1.807, 2.05) is 6.07 Å². The minimum absolute atomic E-state index is 0.137. The van der Waals surface area contributed by atoms with Crippen LogP contribution in [0.3, 0.4) is 0 Å². The summed E-state index contributed by atoms with van der Waals surface area (Å²) in [6.07, 6.45) is 2.12. The predicted octanol–water partition coefficient (Wildman–Crippen LogP) is 0.969. The van der Waals surface area contributed by atoms with Crippen molar-refractivity contribution in [2.45, 2.75) is 18.9 Å². The van der Waals surface area contributed by atoms with Gasteiger partial charge in [-0.15, -0.1) is 0 Å². The Morgan fingerprint density at radius 1 is 1.55 bits per heavy atom. The van der Waals surface area contributed by atoms with E-state index in [9.17, 15) is 4.79 Å². The zero-order chi connectivity index (χ0) is 14.1. The molecule has 1 atom stereocenters. The molecule has 106 valence electrons. The Hall–Kier alpha value is -2.08. The number of anilines is 1. The largest absolute Gasteiger partial charge is 0.399 e. The lowest BCUT2D eigenvalue weighted by molar-refractivity contribution is 0.0909. The van der Waals surface area contributed by atoms with Crippen molar-refractivity contribution in [3.63, 3.8) is 0 Å². The number of nitrogen functional groups attached to an aromatic ring is 1. The number of hydrogen-bond acceptors (Lipinski definition) is 4. The SMILES string of the molecule is CN1CCCC(NC(=O)c2n[nH]c3ccc(N)cc23)C1. The maximum atomic E-state index is 12.4. The van der Waals surface area contributed by atoms with Crippen molar-refractivity contribution in [3.05, 3.63) is 23.9 Å². The average molecular weight is 273 g/mol. The Labute approximate surface area is 117 Å². The maximum absolute atomic E-state index is 12.4. The van der Waals surface area contributed by atoms with Gasteiger partial charge in [0.1, 0.15) is 0 Å². The molecule has 0 spiro atoms. The highest BCUT2D eigenvalue weighted by Gasteiger charge is 2.21. The third kappa shape index (κ3) is 2.46. The second kappa shape index (κ2) is 5.13. The summed E-state index contributed by atoms with van der Waals surface area (Å²) in [5.41, 5.74) is 7.65. The number of H-pyrrole nitrogens is 1. The van der Waals surface area contributed by atoms with Crippen LogP contribution in [0.2, 0.25) is 0 Å². The third-order valence-electron chi connectivity index (χ3n) is 3.76. The lowest BCUT2D eigenvalue weighted by Gasteiger charge is -2.29. The van der Waals surface area contributed by atoms with E-state index in [1.54, 1.807) is 12.1 Å². The van der Waals surface area contributed by atoms with Gasteiger partial charge in [0.25, 0.3) is 5.91 Å². The molecule has 0 radical (unpaired) electrons. The molecule has 1 saturated heterocycles. The number of carbonyl (C=O) groups excluding carboxylic acids is 1. The molecule has 0 saturated carbocycles. The number of rotatable bonds is 2. The normalized spacial score (nSPS) is 20.1. The number of likely N-dealkylation sites (N-methyl/N-ethyl adjacent to an activating group) is 1. The Morgan fingerprint density at radius 2 is 2.40 bits per heavy atom. The van der Waals surface area contributed by atoms with E-state index in [0.29, 0.717) is 11.4 Å². The standard InChI is InChI=1S/C14H19N5O/c1-19-6-2-3-10(8-19)16-14(20)13-11-7-9(15)4-5-12(11)17-18-13/h4-5,7,10H,2-3,6,8,15H2,1H3,(H,16,20)(H,17,18). The third-order valence-corrected chi connectivity index (χ3v) is 3.76. The fourth-order valence-electron chi connectivity index (χ4n) is 2.74. The van der Waals surface area contributed by atoms with Gasteiger partial charge in [-0.25, -0.2) is 0 Å². The van der Waals surface area contributed by atoms with Gasteiger partial charge in [0.15, 0.2) is 5.69 Å². The fourth-order valence-corrected chi connectivity index (χ4v) is 2.74. The monoisotopic (exact) mass is 273 g/mol. The average Bonchev–Trinajstić information content (AvgIpc) is 2.81. The van der Waals surface area contributed by atoms with Crippen molar-refractivity contribution < 1.29 is 4.79 Å². The number of likely N-dealkylation sites (tertiary alicyclic amines) is 1. The molecule has 2 aromatic rings. The van der Waals surface area contributed by atoms with Gasteiger partial charge in [0.05, 0.1) is 5.52 Å². The molecule has 0 bridgehead atoms. The maximum Gasteiger partial charge on any atom is 0.272 e. The van der Waals surface area contributed by atoms with E-state index in [-0.39, 0.29) is 11.9 Å². The quantitative estimate of drug-likeness (QED) is 0.712. The van der Waals surface area contributed by atoms with Gasteiger partial charge in [-0.3, -0.25) is 9.89 Å². The van der Waals surface area contributed by atoms with Crippen LogP contribution in [0.25, 0.3) is 10.9 Å². The predicted molar refractivity (Wildman–Crippen MR) is 78.5 cm³/mol.